The third kappa shape index (κ3) is 6.34. The summed E-state index contributed by atoms with van der Waals surface area (Å²) < 4.78 is 11.4. The molecule has 1 atom stereocenters. The van der Waals surface area contributed by atoms with Gasteiger partial charge in [-0.3, -0.25) is 4.79 Å². The van der Waals surface area contributed by atoms with Gasteiger partial charge in [0, 0.05) is 14.9 Å². The molecule has 0 radical (unpaired) electrons. The maximum Gasteiger partial charge on any atom is 0.282 e. The van der Waals surface area contributed by atoms with E-state index in [2.05, 4.69) is 96.0 Å². The van der Waals surface area contributed by atoms with Crippen LogP contribution in [0, 0.1) is 7.14 Å². The van der Waals surface area contributed by atoms with Gasteiger partial charge in [-0.1, -0.05) is 57.8 Å². The normalized spacial score (nSPS) is 12.4. The predicted molar refractivity (Wildman–Crippen MR) is 166 cm³/mol. The van der Waals surface area contributed by atoms with Crippen LogP contribution in [0.1, 0.15) is 43.1 Å². The van der Waals surface area contributed by atoms with Crippen molar-refractivity contribution in [3.05, 3.63) is 98.0 Å². The van der Waals surface area contributed by atoms with Crippen LogP contribution in [0.5, 0.6) is 5.75 Å². The molecule has 0 saturated carbocycles. The van der Waals surface area contributed by atoms with Crippen LogP contribution in [0.2, 0.25) is 0 Å². The second kappa shape index (κ2) is 11.8. The minimum absolute atomic E-state index is 0.0857. The predicted octanol–water partition coefficient (Wildman–Crippen LogP) is 8.11. The molecule has 4 rings (SSSR count). The topological polar surface area (TPSA) is 56.5 Å². The lowest BCUT2D eigenvalue weighted by Crippen LogP contribution is -2.23. The lowest BCUT2D eigenvalue weighted by atomic mass is 10.1. The van der Waals surface area contributed by atoms with Crippen LogP contribution in [-0.4, -0.2) is 15.9 Å². The van der Waals surface area contributed by atoms with Crippen molar-refractivity contribution in [3.8, 4) is 5.75 Å². The van der Waals surface area contributed by atoms with E-state index in [-0.39, 0.29) is 11.5 Å². The first-order valence-corrected chi connectivity index (χ1v) is 14.6. The monoisotopic (exact) mass is 819 g/mol. The quantitative estimate of drug-likeness (QED) is 0.140. The molecule has 5 nitrogen and oxygen atoms in total. The second-order valence-electron chi connectivity index (χ2n) is 8.03. The maximum atomic E-state index is 13.3. The van der Waals surface area contributed by atoms with Crippen molar-refractivity contribution in [2.45, 2.75) is 32.8 Å². The van der Waals surface area contributed by atoms with Crippen molar-refractivity contribution in [3.63, 3.8) is 0 Å². The zero-order chi connectivity index (χ0) is 25.1. The Morgan fingerprint density at radius 1 is 1.06 bits per heavy atom. The summed E-state index contributed by atoms with van der Waals surface area (Å²) in [6.45, 7) is 4.62. The van der Waals surface area contributed by atoms with Gasteiger partial charge in [-0.15, -0.1) is 0 Å². The van der Waals surface area contributed by atoms with E-state index in [4.69, 9.17) is 9.72 Å². The number of nitrogens with zero attached hydrogens (tertiary/aromatic N) is 3. The highest BCUT2D eigenvalue weighted by molar-refractivity contribution is 14.1. The third-order valence-electron chi connectivity index (χ3n) is 5.53. The Balaban J connectivity index is 1.66. The van der Waals surface area contributed by atoms with Crippen molar-refractivity contribution in [1.29, 1.82) is 0 Å². The zero-order valence-electron chi connectivity index (χ0n) is 18.9. The highest BCUT2D eigenvalue weighted by atomic mass is 127. The molecule has 35 heavy (non-hydrogen) atoms. The van der Waals surface area contributed by atoms with Crippen LogP contribution in [0.15, 0.2) is 73.4 Å². The number of benzene rings is 3. The molecule has 0 N–H and O–H groups in total. The molecule has 180 valence electrons. The summed E-state index contributed by atoms with van der Waals surface area (Å²) in [6.07, 6.45) is 2.56. The van der Waals surface area contributed by atoms with Gasteiger partial charge in [-0.05, 0) is 105 Å². The summed E-state index contributed by atoms with van der Waals surface area (Å²) in [5, 5.41) is 5.12. The van der Waals surface area contributed by atoms with Crippen LogP contribution >= 0.6 is 77.0 Å². The summed E-state index contributed by atoms with van der Waals surface area (Å²) in [5.41, 5.74) is 2.47. The molecular weight excluding hydrogens is 800 g/mol. The number of aromatic nitrogens is 2. The number of ether oxygens (including phenoxy) is 1. The summed E-state index contributed by atoms with van der Waals surface area (Å²) in [4.78, 5) is 18.1. The Morgan fingerprint density at radius 3 is 2.37 bits per heavy atom. The van der Waals surface area contributed by atoms with Gasteiger partial charge in [0.05, 0.1) is 24.3 Å². The number of halogens is 4. The van der Waals surface area contributed by atoms with Crippen molar-refractivity contribution >= 4 is 94.2 Å². The van der Waals surface area contributed by atoms with Crippen molar-refractivity contribution < 1.29 is 4.74 Å². The largest absolute Gasteiger partial charge is 0.487 e. The fourth-order valence-electron chi connectivity index (χ4n) is 3.43. The van der Waals surface area contributed by atoms with E-state index >= 15 is 0 Å². The molecule has 0 saturated heterocycles. The van der Waals surface area contributed by atoms with E-state index in [0.29, 0.717) is 23.3 Å². The van der Waals surface area contributed by atoms with Crippen molar-refractivity contribution in [2.75, 3.05) is 0 Å². The Morgan fingerprint density at radius 2 is 1.71 bits per heavy atom. The van der Waals surface area contributed by atoms with Crippen LogP contribution in [0.4, 0.5) is 0 Å². The van der Waals surface area contributed by atoms with E-state index in [1.807, 2.05) is 48.5 Å². The summed E-state index contributed by atoms with van der Waals surface area (Å²) >= 11 is 11.5. The van der Waals surface area contributed by atoms with Crippen LogP contribution in [0.25, 0.3) is 10.9 Å². The fourth-order valence-corrected chi connectivity index (χ4v) is 6.18. The molecule has 0 amide bonds. The molecule has 4 aromatic rings. The van der Waals surface area contributed by atoms with E-state index in [1.165, 1.54) is 4.68 Å². The van der Waals surface area contributed by atoms with E-state index in [9.17, 15) is 4.79 Å². The maximum absolute atomic E-state index is 13.3. The number of hydrogen-bond donors (Lipinski definition) is 0. The van der Waals surface area contributed by atoms with Gasteiger partial charge in [0.1, 0.15) is 18.2 Å². The van der Waals surface area contributed by atoms with Crippen molar-refractivity contribution in [1.82, 2.24) is 9.66 Å². The van der Waals surface area contributed by atoms with E-state index in [1.54, 1.807) is 12.3 Å². The third-order valence-corrected chi connectivity index (χ3v) is 8.15. The second-order valence-corrected chi connectivity index (χ2v) is 12.2. The minimum atomic E-state index is -0.179. The molecule has 1 aromatic heterocycles. The first kappa shape index (κ1) is 26.7. The van der Waals surface area contributed by atoms with Gasteiger partial charge >= 0.3 is 0 Å². The van der Waals surface area contributed by atoms with Gasteiger partial charge in [0.15, 0.2) is 0 Å². The Hall–Kier alpha value is -1.31. The summed E-state index contributed by atoms with van der Waals surface area (Å²) in [5.74, 6) is 1.57. The van der Waals surface area contributed by atoms with Gasteiger partial charge in [0.2, 0.25) is 0 Å². The van der Waals surface area contributed by atoms with Crippen LogP contribution in [0.3, 0.4) is 0 Å². The van der Waals surface area contributed by atoms with Crippen LogP contribution < -0.4 is 10.3 Å². The summed E-state index contributed by atoms with van der Waals surface area (Å²) in [7, 11) is 0. The average Bonchev–Trinajstić information content (AvgIpc) is 2.83. The molecule has 0 aliphatic rings. The van der Waals surface area contributed by atoms with E-state index in [0.717, 1.165) is 39.4 Å². The lowest BCUT2D eigenvalue weighted by molar-refractivity contribution is 0.301. The van der Waals surface area contributed by atoms with Crippen molar-refractivity contribution in [2.24, 2.45) is 5.10 Å². The number of rotatable bonds is 7. The Labute approximate surface area is 247 Å². The molecule has 0 unspecified atom stereocenters. The smallest absolute Gasteiger partial charge is 0.282 e. The Bertz CT molecular complexity index is 1450. The van der Waals surface area contributed by atoms with Crippen LogP contribution in [-0.2, 0) is 6.61 Å². The van der Waals surface area contributed by atoms with Gasteiger partial charge < -0.3 is 4.74 Å². The SMILES string of the molecule is CC[C@H](C)c1nc2ccc(Br)cc2c(=O)n1N=Cc1cc(I)c(OCc2ccc(Br)cc2)c(I)c1. The Kier molecular flexibility index (Phi) is 9.04. The number of hydrogen-bond acceptors (Lipinski definition) is 4. The highest BCUT2D eigenvalue weighted by Gasteiger charge is 2.16. The summed E-state index contributed by atoms with van der Waals surface area (Å²) in [6, 6.07) is 17.6. The minimum Gasteiger partial charge on any atom is -0.487 e. The lowest BCUT2D eigenvalue weighted by Gasteiger charge is -2.14. The molecule has 0 aliphatic heterocycles. The van der Waals surface area contributed by atoms with Gasteiger partial charge in [-0.2, -0.15) is 9.78 Å². The van der Waals surface area contributed by atoms with E-state index < -0.39 is 0 Å². The fraction of sp³-hybridized carbons (Fsp3) is 0.192. The first-order chi connectivity index (χ1) is 16.8. The average molecular weight is 821 g/mol. The molecular formula is C26H21Br2I2N3O2. The first-order valence-electron chi connectivity index (χ1n) is 10.9. The standard InChI is InChI=1S/C26H21Br2I2N3O2/c1-3-15(2)25-32-23-9-8-19(28)12-20(23)26(34)33(25)31-13-17-10-21(29)24(22(30)11-17)35-14-16-4-6-18(27)7-5-16/h4-13,15H,3,14H2,1-2H3/t15-/m0/s1. The molecule has 0 spiro atoms. The molecule has 0 fully saturated rings. The zero-order valence-corrected chi connectivity index (χ0v) is 26.4. The molecule has 3 aromatic carbocycles. The molecule has 0 aliphatic carbocycles. The van der Waals surface area contributed by atoms with Gasteiger partial charge in [0.25, 0.3) is 5.56 Å². The molecule has 1 heterocycles. The molecule has 9 heteroatoms. The highest BCUT2D eigenvalue weighted by Crippen LogP contribution is 2.29. The number of fused-ring (bicyclic) bond motifs is 1. The van der Waals surface area contributed by atoms with Gasteiger partial charge in [-0.25, -0.2) is 4.98 Å². The molecule has 0 bridgehead atoms.